The lowest BCUT2D eigenvalue weighted by Crippen LogP contribution is -1.96. The average Bonchev–Trinajstić information content (AvgIpc) is 3.04. The molecule has 7 nitrogen and oxygen atoms in total. The zero-order chi connectivity index (χ0) is 16.9. The Labute approximate surface area is 141 Å². The van der Waals surface area contributed by atoms with Crippen LogP contribution in [0.1, 0.15) is 5.56 Å². The smallest absolute Gasteiger partial charge is 0.278 e. The molecule has 0 fully saturated rings. The summed E-state index contributed by atoms with van der Waals surface area (Å²) in [5.41, 5.74) is 4.65. The van der Waals surface area contributed by atoms with E-state index in [4.69, 9.17) is 0 Å². The highest BCUT2D eigenvalue weighted by Gasteiger charge is 2.10. The van der Waals surface area contributed by atoms with E-state index in [0.717, 1.165) is 5.56 Å². The van der Waals surface area contributed by atoms with Crippen molar-refractivity contribution >= 4 is 28.4 Å². The van der Waals surface area contributed by atoms with Crippen LogP contribution in [0, 0.1) is 10.1 Å². The number of rotatable bonds is 5. The van der Waals surface area contributed by atoms with Gasteiger partial charge in [0.25, 0.3) is 5.69 Å². The molecule has 0 saturated carbocycles. The molecular weight excluding hydrogens is 328 g/mol. The van der Waals surface area contributed by atoms with E-state index in [1.165, 1.54) is 23.6 Å². The fourth-order valence-corrected chi connectivity index (χ4v) is 2.71. The molecule has 0 amide bonds. The lowest BCUT2D eigenvalue weighted by Gasteiger charge is -1.98. The maximum Gasteiger partial charge on any atom is 0.278 e. The molecule has 0 saturated heterocycles. The molecule has 1 heterocycles. The van der Waals surface area contributed by atoms with E-state index >= 15 is 0 Å². The Morgan fingerprint density at radius 1 is 1.25 bits per heavy atom. The highest BCUT2D eigenvalue weighted by molar-refractivity contribution is 7.14. The number of hydrazone groups is 1. The SMILES string of the molecule is O=[N+]([O-])c1ccccc1/C=N/Nc1nc(-c2cccc(O)c2)cs1. The molecule has 0 aliphatic carbocycles. The number of phenolic OH excluding ortho intramolecular Hbond substituents is 1. The summed E-state index contributed by atoms with van der Waals surface area (Å²) in [6, 6.07) is 13.1. The zero-order valence-corrected chi connectivity index (χ0v) is 13.1. The number of aromatic hydroxyl groups is 1. The fourth-order valence-electron chi connectivity index (χ4n) is 2.04. The van der Waals surface area contributed by atoms with E-state index in [1.54, 1.807) is 36.4 Å². The van der Waals surface area contributed by atoms with Gasteiger partial charge < -0.3 is 5.11 Å². The van der Waals surface area contributed by atoms with E-state index in [1.807, 2.05) is 11.4 Å². The second-order valence-electron chi connectivity index (χ2n) is 4.77. The van der Waals surface area contributed by atoms with Gasteiger partial charge in [0, 0.05) is 17.0 Å². The summed E-state index contributed by atoms with van der Waals surface area (Å²) < 4.78 is 0. The monoisotopic (exact) mass is 340 g/mol. The Kier molecular flexibility index (Phi) is 4.48. The third-order valence-electron chi connectivity index (χ3n) is 3.14. The summed E-state index contributed by atoms with van der Waals surface area (Å²) in [5, 5.41) is 26.8. The zero-order valence-electron chi connectivity index (χ0n) is 12.3. The van der Waals surface area contributed by atoms with Crippen molar-refractivity contribution in [1.82, 2.24) is 4.98 Å². The van der Waals surface area contributed by atoms with Crippen molar-refractivity contribution in [3.63, 3.8) is 0 Å². The van der Waals surface area contributed by atoms with Crippen LogP contribution in [-0.4, -0.2) is 21.2 Å². The summed E-state index contributed by atoms with van der Waals surface area (Å²) in [5.74, 6) is 0.171. The second-order valence-corrected chi connectivity index (χ2v) is 5.63. The first kappa shape index (κ1) is 15.6. The van der Waals surface area contributed by atoms with Crippen molar-refractivity contribution in [2.45, 2.75) is 0 Å². The van der Waals surface area contributed by atoms with Gasteiger partial charge in [-0.05, 0) is 18.2 Å². The van der Waals surface area contributed by atoms with Gasteiger partial charge in [-0.2, -0.15) is 5.10 Å². The lowest BCUT2D eigenvalue weighted by atomic mass is 10.2. The van der Waals surface area contributed by atoms with Gasteiger partial charge in [-0.3, -0.25) is 15.5 Å². The van der Waals surface area contributed by atoms with Crippen LogP contribution in [0.5, 0.6) is 5.75 Å². The summed E-state index contributed by atoms with van der Waals surface area (Å²) in [7, 11) is 0. The molecule has 3 aromatic rings. The van der Waals surface area contributed by atoms with Crippen molar-refractivity contribution in [1.29, 1.82) is 0 Å². The Bertz CT molecular complexity index is 908. The number of nitro benzene ring substituents is 1. The summed E-state index contributed by atoms with van der Waals surface area (Å²) in [6.45, 7) is 0. The predicted octanol–water partition coefficient (Wildman–Crippen LogP) is 3.87. The molecule has 0 radical (unpaired) electrons. The number of anilines is 1. The van der Waals surface area contributed by atoms with Gasteiger partial charge in [-0.15, -0.1) is 11.3 Å². The molecule has 120 valence electrons. The highest BCUT2D eigenvalue weighted by atomic mass is 32.1. The number of phenols is 1. The van der Waals surface area contributed by atoms with Crippen LogP contribution in [0.15, 0.2) is 59.0 Å². The first-order chi connectivity index (χ1) is 11.6. The number of para-hydroxylation sites is 1. The van der Waals surface area contributed by atoms with Crippen molar-refractivity contribution < 1.29 is 10.0 Å². The van der Waals surface area contributed by atoms with Gasteiger partial charge in [0.1, 0.15) is 5.75 Å². The molecule has 24 heavy (non-hydrogen) atoms. The van der Waals surface area contributed by atoms with E-state index in [-0.39, 0.29) is 11.4 Å². The highest BCUT2D eigenvalue weighted by Crippen LogP contribution is 2.27. The summed E-state index contributed by atoms with van der Waals surface area (Å²) in [4.78, 5) is 14.8. The van der Waals surface area contributed by atoms with Gasteiger partial charge in [0.05, 0.1) is 22.4 Å². The number of hydrogen-bond acceptors (Lipinski definition) is 7. The third kappa shape index (κ3) is 3.55. The fraction of sp³-hybridized carbons (Fsp3) is 0. The number of thiazole rings is 1. The Hall–Kier alpha value is -3.26. The first-order valence-electron chi connectivity index (χ1n) is 6.91. The van der Waals surface area contributed by atoms with E-state index < -0.39 is 4.92 Å². The van der Waals surface area contributed by atoms with Crippen LogP contribution in [0.4, 0.5) is 10.8 Å². The molecule has 0 bridgehead atoms. The first-order valence-corrected chi connectivity index (χ1v) is 7.79. The number of aromatic nitrogens is 1. The van der Waals surface area contributed by atoms with Gasteiger partial charge in [-0.25, -0.2) is 4.98 Å². The molecule has 0 unspecified atom stereocenters. The van der Waals surface area contributed by atoms with E-state index in [0.29, 0.717) is 16.4 Å². The molecular formula is C16H12N4O3S. The maximum absolute atomic E-state index is 10.9. The van der Waals surface area contributed by atoms with E-state index in [2.05, 4.69) is 15.5 Å². The minimum absolute atomic E-state index is 0.0114. The lowest BCUT2D eigenvalue weighted by molar-refractivity contribution is -0.385. The third-order valence-corrected chi connectivity index (χ3v) is 3.89. The molecule has 2 N–H and O–H groups in total. The van der Waals surface area contributed by atoms with Crippen molar-refractivity contribution in [3.8, 4) is 17.0 Å². The Balaban J connectivity index is 1.73. The standard InChI is InChI=1S/C16H12N4O3S/c21-13-6-3-5-11(8-13)14-10-24-16(18-14)19-17-9-12-4-1-2-7-15(12)20(22)23/h1-10,21H,(H,18,19)/b17-9+. The second kappa shape index (κ2) is 6.88. The predicted molar refractivity (Wildman–Crippen MR) is 93.5 cm³/mol. The minimum atomic E-state index is -0.454. The molecule has 0 atom stereocenters. The van der Waals surface area contributed by atoms with Crippen LogP contribution in [-0.2, 0) is 0 Å². The molecule has 0 spiro atoms. The van der Waals surface area contributed by atoms with Crippen molar-refractivity contribution in [2.75, 3.05) is 5.43 Å². The van der Waals surface area contributed by atoms with E-state index in [9.17, 15) is 15.2 Å². The van der Waals surface area contributed by atoms with Crippen LogP contribution in [0.2, 0.25) is 0 Å². The number of nitrogens with one attached hydrogen (secondary N) is 1. The minimum Gasteiger partial charge on any atom is -0.508 e. The van der Waals surface area contributed by atoms with Gasteiger partial charge in [0.2, 0.25) is 5.13 Å². The quantitative estimate of drug-likeness (QED) is 0.417. The topological polar surface area (TPSA) is 101 Å². The molecule has 2 aromatic carbocycles. The number of nitro groups is 1. The van der Waals surface area contributed by atoms with Crippen LogP contribution in [0.25, 0.3) is 11.3 Å². The summed E-state index contributed by atoms with van der Waals surface area (Å²) >= 11 is 1.34. The Morgan fingerprint density at radius 3 is 2.88 bits per heavy atom. The molecule has 3 rings (SSSR count). The number of hydrogen-bond donors (Lipinski definition) is 2. The van der Waals surface area contributed by atoms with Crippen LogP contribution >= 0.6 is 11.3 Å². The van der Waals surface area contributed by atoms with Crippen molar-refractivity contribution in [3.05, 3.63) is 69.6 Å². The molecule has 8 heteroatoms. The maximum atomic E-state index is 10.9. The Morgan fingerprint density at radius 2 is 2.08 bits per heavy atom. The van der Waals surface area contributed by atoms with Gasteiger partial charge in [0.15, 0.2) is 0 Å². The normalized spacial score (nSPS) is 10.8. The van der Waals surface area contributed by atoms with Gasteiger partial charge in [-0.1, -0.05) is 24.3 Å². The van der Waals surface area contributed by atoms with Crippen LogP contribution < -0.4 is 5.43 Å². The van der Waals surface area contributed by atoms with Crippen molar-refractivity contribution in [2.24, 2.45) is 5.10 Å². The largest absolute Gasteiger partial charge is 0.508 e. The average molecular weight is 340 g/mol. The van der Waals surface area contributed by atoms with Gasteiger partial charge >= 0.3 is 0 Å². The molecule has 0 aliphatic heterocycles. The number of benzene rings is 2. The molecule has 1 aromatic heterocycles. The number of nitrogens with zero attached hydrogens (tertiary/aromatic N) is 3. The summed E-state index contributed by atoms with van der Waals surface area (Å²) in [6.07, 6.45) is 1.38. The molecule has 0 aliphatic rings. The van der Waals surface area contributed by atoms with Crippen LogP contribution in [0.3, 0.4) is 0 Å².